The maximum absolute atomic E-state index is 12.2. The second-order valence-electron chi connectivity index (χ2n) is 6.00. The van der Waals surface area contributed by atoms with E-state index >= 15 is 0 Å². The molecular formula is C19H21N5O3. The van der Waals surface area contributed by atoms with Crippen LogP contribution in [0.25, 0.3) is 0 Å². The Labute approximate surface area is 157 Å². The minimum Gasteiger partial charge on any atom is -0.486 e. The molecule has 140 valence electrons. The first-order chi connectivity index (χ1) is 13.2. The molecule has 8 heteroatoms. The Kier molecular flexibility index (Phi) is 5.94. The minimum atomic E-state index is -0.187. The number of amides is 2. The monoisotopic (exact) mass is 367 g/mol. The zero-order valence-electron chi connectivity index (χ0n) is 15.1. The molecule has 1 aliphatic heterocycles. The lowest BCUT2D eigenvalue weighted by atomic mass is 10.2. The molecule has 2 N–H and O–H groups in total. The van der Waals surface area contributed by atoms with E-state index in [1.165, 1.54) is 0 Å². The summed E-state index contributed by atoms with van der Waals surface area (Å²) in [6, 6.07) is 11.0. The van der Waals surface area contributed by atoms with Crippen molar-refractivity contribution in [2.45, 2.75) is 6.54 Å². The van der Waals surface area contributed by atoms with Crippen LogP contribution in [-0.4, -0.2) is 49.3 Å². The predicted molar refractivity (Wildman–Crippen MR) is 99.7 cm³/mol. The van der Waals surface area contributed by atoms with Gasteiger partial charge in [-0.2, -0.15) is 5.26 Å². The summed E-state index contributed by atoms with van der Waals surface area (Å²) in [7, 11) is 1.73. The van der Waals surface area contributed by atoms with E-state index < -0.39 is 0 Å². The van der Waals surface area contributed by atoms with Crippen LogP contribution in [0.15, 0.2) is 36.5 Å². The molecule has 0 atom stereocenters. The highest BCUT2D eigenvalue weighted by atomic mass is 16.6. The molecule has 1 aromatic heterocycles. The molecule has 2 amide bonds. The number of carbonyl (C=O) groups is 1. The molecule has 8 nitrogen and oxygen atoms in total. The van der Waals surface area contributed by atoms with E-state index in [-0.39, 0.29) is 6.03 Å². The van der Waals surface area contributed by atoms with Crippen molar-refractivity contribution >= 4 is 11.8 Å². The SMILES string of the molecule is CN(Cc1ccc2c(c1)OCCO2)C(=O)NCCNc1ncccc1C#N. The van der Waals surface area contributed by atoms with Crippen LogP contribution in [0, 0.1) is 11.3 Å². The molecule has 0 bridgehead atoms. The van der Waals surface area contributed by atoms with Crippen LogP contribution in [0.2, 0.25) is 0 Å². The average Bonchev–Trinajstić information content (AvgIpc) is 2.71. The molecule has 1 aliphatic rings. The van der Waals surface area contributed by atoms with Gasteiger partial charge >= 0.3 is 6.03 Å². The molecule has 27 heavy (non-hydrogen) atoms. The normalized spacial score (nSPS) is 12.0. The van der Waals surface area contributed by atoms with Crippen LogP contribution in [0.4, 0.5) is 10.6 Å². The van der Waals surface area contributed by atoms with Gasteiger partial charge in [0.2, 0.25) is 0 Å². The number of fused-ring (bicyclic) bond motifs is 1. The van der Waals surface area contributed by atoms with Crippen molar-refractivity contribution in [2.24, 2.45) is 0 Å². The van der Waals surface area contributed by atoms with Gasteiger partial charge in [-0.25, -0.2) is 9.78 Å². The van der Waals surface area contributed by atoms with E-state index in [4.69, 9.17) is 14.7 Å². The lowest BCUT2D eigenvalue weighted by molar-refractivity contribution is 0.171. The number of hydrogen-bond donors (Lipinski definition) is 2. The molecule has 2 heterocycles. The number of urea groups is 1. The Morgan fingerprint density at radius 3 is 2.89 bits per heavy atom. The standard InChI is InChI=1S/C19H21N5O3/c1-24(13-14-4-5-16-17(11-14)27-10-9-26-16)19(25)23-8-7-22-18-15(12-20)3-2-6-21-18/h2-6,11H,7-10,13H2,1H3,(H,21,22)(H,23,25). The van der Waals surface area contributed by atoms with Crippen molar-refractivity contribution in [2.75, 3.05) is 38.7 Å². The third kappa shape index (κ3) is 4.79. The molecule has 0 saturated heterocycles. The molecule has 0 fully saturated rings. The molecule has 0 spiro atoms. The number of benzene rings is 1. The van der Waals surface area contributed by atoms with E-state index in [0.29, 0.717) is 50.0 Å². The molecule has 1 aromatic carbocycles. The van der Waals surface area contributed by atoms with Crippen LogP contribution < -0.4 is 20.1 Å². The van der Waals surface area contributed by atoms with E-state index in [1.807, 2.05) is 18.2 Å². The Morgan fingerprint density at radius 2 is 2.07 bits per heavy atom. The van der Waals surface area contributed by atoms with Gasteiger partial charge in [-0.15, -0.1) is 0 Å². The molecule has 0 unspecified atom stereocenters. The predicted octanol–water partition coefficient (Wildman–Crippen LogP) is 1.98. The Bertz CT molecular complexity index is 849. The summed E-state index contributed by atoms with van der Waals surface area (Å²) in [5.41, 5.74) is 1.43. The zero-order valence-corrected chi connectivity index (χ0v) is 15.1. The van der Waals surface area contributed by atoms with Crippen molar-refractivity contribution in [1.82, 2.24) is 15.2 Å². The fourth-order valence-corrected chi connectivity index (χ4v) is 2.65. The van der Waals surface area contributed by atoms with Crippen molar-refractivity contribution in [3.8, 4) is 17.6 Å². The number of nitrogens with one attached hydrogen (secondary N) is 2. The second-order valence-corrected chi connectivity index (χ2v) is 6.00. The van der Waals surface area contributed by atoms with Crippen molar-refractivity contribution in [3.05, 3.63) is 47.7 Å². The third-order valence-electron chi connectivity index (χ3n) is 3.99. The van der Waals surface area contributed by atoms with Gasteiger partial charge in [0.1, 0.15) is 25.1 Å². The highest BCUT2D eigenvalue weighted by molar-refractivity contribution is 5.73. The molecular weight excluding hydrogens is 346 g/mol. The highest BCUT2D eigenvalue weighted by Crippen LogP contribution is 2.30. The summed E-state index contributed by atoms with van der Waals surface area (Å²) in [6.07, 6.45) is 1.61. The van der Waals surface area contributed by atoms with Crippen LogP contribution in [0.5, 0.6) is 11.5 Å². The number of pyridine rings is 1. The average molecular weight is 367 g/mol. The topological polar surface area (TPSA) is 99.5 Å². The van der Waals surface area contributed by atoms with Crippen molar-refractivity contribution in [1.29, 1.82) is 5.26 Å². The molecule has 0 saturated carbocycles. The number of aromatic nitrogens is 1. The van der Waals surface area contributed by atoms with Gasteiger partial charge < -0.3 is 25.0 Å². The summed E-state index contributed by atoms with van der Waals surface area (Å²) in [4.78, 5) is 17.9. The Hall–Kier alpha value is -3.47. The molecule has 3 rings (SSSR count). The first-order valence-electron chi connectivity index (χ1n) is 8.64. The fraction of sp³-hybridized carbons (Fsp3) is 0.316. The molecule has 0 aliphatic carbocycles. The first-order valence-corrected chi connectivity index (χ1v) is 8.64. The van der Waals surface area contributed by atoms with Crippen LogP contribution in [0.1, 0.15) is 11.1 Å². The third-order valence-corrected chi connectivity index (χ3v) is 3.99. The number of hydrogen-bond acceptors (Lipinski definition) is 6. The van der Waals surface area contributed by atoms with Gasteiger partial charge in [-0.1, -0.05) is 6.07 Å². The van der Waals surface area contributed by atoms with Gasteiger partial charge in [0.25, 0.3) is 0 Å². The maximum atomic E-state index is 12.2. The largest absolute Gasteiger partial charge is 0.486 e. The minimum absolute atomic E-state index is 0.187. The summed E-state index contributed by atoms with van der Waals surface area (Å²) in [6.45, 7) is 2.41. The van der Waals surface area contributed by atoms with Gasteiger partial charge in [-0.3, -0.25) is 0 Å². The maximum Gasteiger partial charge on any atom is 0.317 e. The summed E-state index contributed by atoms with van der Waals surface area (Å²) >= 11 is 0. The molecule has 0 radical (unpaired) electrons. The van der Waals surface area contributed by atoms with E-state index in [2.05, 4.69) is 21.7 Å². The van der Waals surface area contributed by atoms with Crippen molar-refractivity contribution < 1.29 is 14.3 Å². The number of nitrogens with zero attached hydrogens (tertiary/aromatic N) is 3. The quantitative estimate of drug-likeness (QED) is 0.758. The van der Waals surface area contributed by atoms with E-state index in [9.17, 15) is 4.79 Å². The van der Waals surface area contributed by atoms with Crippen molar-refractivity contribution in [3.63, 3.8) is 0 Å². The highest BCUT2D eigenvalue weighted by Gasteiger charge is 2.14. The first kappa shape index (κ1) is 18.3. The van der Waals surface area contributed by atoms with Gasteiger partial charge in [0, 0.05) is 32.9 Å². The zero-order chi connectivity index (χ0) is 19.1. The smallest absolute Gasteiger partial charge is 0.317 e. The Balaban J connectivity index is 1.45. The number of nitriles is 1. The van der Waals surface area contributed by atoms with Gasteiger partial charge in [-0.05, 0) is 29.8 Å². The molecule has 2 aromatic rings. The second kappa shape index (κ2) is 8.76. The van der Waals surface area contributed by atoms with Crippen LogP contribution in [-0.2, 0) is 6.54 Å². The van der Waals surface area contributed by atoms with E-state index in [0.717, 1.165) is 11.3 Å². The number of anilines is 1. The lowest BCUT2D eigenvalue weighted by Crippen LogP contribution is -2.39. The lowest BCUT2D eigenvalue weighted by Gasteiger charge is -2.21. The summed E-state index contributed by atoms with van der Waals surface area (Å²) in [5.74, 6) is 1.95. The summed E-state index contributed by atoms with van der Waals surface area (Å²) in [5, 5.41) is 14.9. The Morgan fingerprint density at radius 1 is 1.26 bits per heavy atom. The number of ether oxygens (including phenoxy) is 2. The fourth-order valence-electron chi connectivity index (χ4n) is 2.65. The van der Waals surface area contributed by atoms with Crippen LogP contribution in [0.3, 0.4) is 0 Å². The van der Waals surface area contributed by atoms with Gasteiger partial charge in [0.15, 0.2) is 11.5 Å². The number of rotatable bonds is 6. The summed E-state index contributed by atoms with van der Waals surface area (Å²) < 4.78 is 11.1. The van der Waals surface area contributed by atoms with Crippen LogP contribution >= 0.6 is 0 Å². The van der Waals surface area contributed by atoms with E-state index in [1.54, 1.807) is 30.3 Å². The number of carbonyl (C=O) groups excluding carboxylic acids is 1. The van der Waals surface area contributed by atoms with Gasteiger partial charge in [0.05, 0.1) is 5.56 Å².